The minimum atomic E-state index is -0.239. The Kier molecular flexibility index (Phi) is 3.91. The van der Waals surface area contributed by atoms with Crippen molar-refractivity contribution in [2.24, 2.45) is 23.7 Å². The first-order valence-electron chi connectivity index (χ1n) is 7.87. The maximum atomic E-state index is 13.1. The van der Waals surface area contributed by atoms with Crippen LogP contribution in [0.1, 0.15) is 6.42 Å². The van der Waals surface area contributed by atoms with E-state index in [1.807, 2.05) is 0 Å². The second-order valence-electron chi connectivity index (χ2n) is 6.55. The molecule has 0 spiro atoms. The van der Waals surface area contributed by atoms with Crippen molar-refractivity contribution in [1.29, 1.82) is 0 Å². The average Bonchev–Trinajstić information content (AvgIpc) is 3.19. The number of carbonyl (C=O) groups is 2. The van der Waals surface area contributed by atoms with E-state index in [1.165, 1.54) is 12.0 Å². The van der Waals surface area contributed by atoms with Crippen LogP contribution in [-0.4, -0.2) is 35.7 Å². The lowest BCUT2D eigenvalue weighted by Crippen LogP contribution is -2.37. The number of halogens is 2. The van der Waals surface area contributed by atoms with Crippen LogP contribution in [0.5, 0.6) is 11.5 Å². The lowest BCUT2D eigenvalue weighted by molar-refractivity contribution is -0.123. The Bertz CT molecular complexity index is 693. The smallest absolute Gasteiger partial charge is 0.238 e. The van der Waals surface area contributed by atoms with E-state index in [4.69, 9.17) is 9.47 Å². The minimum absolute atomic E-state index is 0.118. The third kappa shape index (κ3) is 2.03. The van der Waals surface area contributed by atoms with Crippen LogP contribution in [0.2, 0.25) is 0 Å². The largest absolute Gasteiger partial charge is 0.497 e. The number of hydrogen-bond acceptors (Lipinski definition) is 4. The van der Waals surface area contributed by atoms with Gasteiger partial charge >= 0.3 is 0 Å². The Balaban J connectivity index is 1.77. The lowest BCUT2D eigenvalue weighted by Gasteiger charge is -2.28. The highest BCUT2D eigenvalue weighted by atomic mass is 79.9. The van der Waals surface area contributed by atoms with Crippen molar-refractivity contribution in [2.45, 2.75) is 16.1 Å². The number of carbonyl (C=O) groups excluding carboxylic acids is 2. The summed E-state index contributed by atoms with van der Waals surface area (Å²) in [5.74, 6) is 0.762. The summed E-state index contributed by atoms with van der Waals surface area (Å²) < 4.78 is 10.6. The van der Waals surface area contributed by atoms with Crippen LogP contribution in [0.25, 0.3) is 0 Å². The van der Waals surface area contributed by atoms with Gasteiger partial charge in [-0.3, -0.25) is 9.59 Å². The standard InChI is InChI=1S/C17H17Br2NO4/c1-23-7-3-4-11(24-2)10(5-7)20-16(21)12-8-6-9(13(12)17(20)22)15(19)14(8)18/h3-5,8-9,12-15H,6H2,1-2H3/t8-,9-,12+,13+,14-,15-/m1/s1. The van der Waals surface area contributed by atoms with Gasteiger partial charge < -0.3 is 9.47 Å². The van der Waals surface area contributed by atoms with Crippen molar-refractivity contribution in [3.05, 3.63) is 18.2 Å². The molecule has 3 fully saturated rings. The van der Waals surface area contributed by atoms with Crippen LogP contribution in [0, 0.1) is 23.7 Å². The number of imide groups is 1. The fourth-order valence-electron chi connectivity index (χ4n) is 4.56. The summed E-state index contributed by atoms with van der Waals surface area (Å²) in [6.45, 7) is 0. The maximum absolute atomic E-state index is 13.1. The Morgan fingerprint density at radius 2 is 1.58 bits per heavy atom. The molecule has 1 aliphatic heterocycles. The topological polar surface area (TPSA) is 55.8 Å². The van der Waals surface area contributed by atoms with Gasteiger partial charge in [0.25, 0.3) is 0 Å². The van der Waals surface area contributed by atoms with Crippen LogP contribution in [0.3, 0.4) is 0 Å². The molecule has 6 atom stereocenters. The second-order valence-corrected chi connectivity index (χ2v) is 8.67. The molecule has 1 saturated heterocycles. The summed E-state index contributed by atoms with van der Waals surface area (Å²) in [5.41, 5.74) is 0.470. The molecule has 1 heterocycles. The normalized spacial score (nSPS) is 37.1. The van der Waals surface area contributed by atoms with Gasteiger partial charge in [-0.25, -0.2) is 4.90 Å². The van der Waals surface area contributed by atoms with E-state index in [9.17, 15) is 9.59 Å². The third-order valence-electron chi connectivity index (χ3n) is 5.61. The summed E-state index contributed by atoms with van der Waals surface area (Å²) in [6, 6.07) is 5.16. The lowest BCUT2D eigenvalue weighted by atomic mass is 9.81. The quantitative estimate of drug-likeness (QED) is 0.516. The molecule has 2 aliphatic carbocycles. The van der Waals surface area contributed by atoms with Gasteiger partial charge in [-0.1, -0.05) is 31.9 Å². The molecule has 0 aromatic heterocycles. The summed E-state index contributed by atoms with van der Waals surface area (Å²) in [5, 5.41) is 0. The minimum Gasteiger partial charge on any atom is -0.497 e. The summed E-state index contributed by atoms with van der Waals surface area (Å²) in [6.07, 6.45) is 0.918. The Morgan fingerprint density at radius 3 is 2.08 bits per heavy atom. The molecular formula is C17H17Br2NO4. The number of hydrogen-bond donors (Lipinski definition) is 0. The third-order valence-corrected chi connectivity index (χ3v) is 8.82. The molecule has 0 unspecified atom stereocenters. The monoisotopic (exact) mass is 457 g/mol. The number of alkyl halides is 2. The van der Waals surface area contributed by atoms with Gasteiger partial charge in [0.05, 0.1) is 31.7 Å². The molecule has 128 valence electrons. The van der Waals surface area contributed by atoms with Gasteiger partial charge in [0.15, 0.2) is 0 Å². The molecule has 4 rings (SSSR count). The first-order chi connectivity index (χ1) is 11.5. The molecule has 1 aromatic rings. The number of methoxy groups -OCH3 is 2. The van der Waals surface area contributed by atoms with Crippen molar-refractivity contribution in [3.8, 4) is 11.5 Å². The number of benzene rings is 1. The van der Waals surface area contributed by atoms with Crippen molar-refractivity contribution in [3.63, 3.8) is 0 Å². The number of anilines is 1. The van der Waals surface area contributed by atoms with Crippen LogP contribution in [0.4, 0.5) is 5.69 Å². The number of ether oxygens (including phenoxy) is 2. The van der Waals surface area contributed by atoms with E-state index in [2.05, 4.69) is 31.9 Å². The predicted molar refractivity (Wildman–Crippen MR) is 96.0 cm³/mol. The SMILES string of the molecule is COc1ccc(OC)c(N2C(=O)[C@H]3[C@H]4C[C@@H]([C@@H](Br)[C@@H]4Br)[C@@H]3C2=O)c1. The molecule has 0 N–H and O–H groups in total. The molecule has 1 aromatic carbocycles. The predicted octanol–water partition coefficient (Wildman–Crippen LogP) is 2.99. The van der Waals surface area contributed by atoms with Gasteiger partial charge in [0.2, 0.25) is 11.8 Å². The molecule has 2 bridgehead atoms. The summed E-state index contributed by atoms with van der Waals surface area (Å²) >= 11 is 7.40. The molecular weight excluding hydrogens is 442 g/mol. The molecule has 5 nitrogen and oxygen atoms in total. The van der Waals surface area contributed by atoms with E-state index in [0.717, 1.165) is 6.42 Å². The van der Waals surface area contributed by atoms with Gasteiger partial charge in [-0.05, 0) is 30.4 Å². The van der Waals surface area contributed by atoms with Crippen LogP contribution >= 0.6 is 31.9 Å². The zero-order chi connectivity index (χ0) is 17.2. The maximum Gasteiger partial charge on any atom is 0.238 e. The first-order valence-corrected chi connectivity index (χ1v) is 9.70. The van der Waals surface area contributed by atoms with Crippen LogP contribution < -0.4 is 14.4 Å². The average molecular weight is 459 g/mol. The van der Waals surface area contributed by atoms with E-state index in [1.54, 1.807) is 25.3 Å². The van der Waals surface area contributed by atoms with E-state index >= 15 is 0 Å². The number of amides is 2. The molecule has 0 radical (unpaired) electrons. The fourth-order valence-corrected chi connectivity index (χ4v) is 6.43. The number of nitrogens with zero attached hydrogens (tertiary/aromatic N) is 1. The van der Waals surface area contributed by atoms with Crippen molar-refractivity contribution >= 4 is 49.4 Å². The highest BCUT2D eigenvalue weighted by Crippen LogP contribution is 2.61. The van der Waals surface area contributed by atoms with Gasteiger partial charge in [-0.2, -0.15) is 0 Å². The fraction of sp³-hybridized carbons (Fsp3) is 0.529. The summed E-state index contributed by atoms with van der Waals surface area (Å²) in [7, 11) is 3.09. The highest BCUT2D eigenvalue weighted by Gasteiger charge is 2.66. The first kappa shape index (κ1) is 16.4. The molecule has 2 amide bonds. The Morgan fingerprint density at radius 1 is 1.00 bits per heavy atom. The zero-order valence-corrected chi connectivity index (χ0v) is 16.4. The van der Waals surface area contributed by atoms with Gasteiger partial charge in [-0.15, -0.1) is 0 Å². The van der Waals surface area contributed by atoms with E-state index in [-0.39, 0.29) is 45.1 Å². The van der Waals surface area contributed by atoms with Crippen LogP contribution in [0.15, 0.2) is 18.2 Å². The van der Waals surface area contributed by atoms with Crippen molar-refractivity contribution < 1.29 is 19.1 Å². The summed E-state index contributed by atoms with van der Waals surface area (Å²) in [4.78, 5) is 27.9. The van der Waals surface area contributed by atoms with Crippen molar-refractivity contribution in [1.82, 2.24) is 0 Å². The van der Waals surface area contributed by atoms with E-state index < -0.39 is 0 Å². The Hall–Kier alpha value is -1.08. The van der Waals surface area contributed by atoms with E-state index in [0.29, 0.717) is 17.2 Å². The molecule has 2 saturated carbocycles. The molecule has 3 aliphatic rings. The highest BCUT2D eigenvalue weighted by molar-refractivity contribution is 9.12. The van der Waals surface area contributed by atoms with Crippen molar-refractivity contribution in [2.75, 3.05) is 19.1 Å². The molecule has 7 heteroatoms. The zero-order valence-electron chi connectivity index (χ0n) is 13.2. The van der Waals surface area contributed by atoms with Gasteiger partial charge in [0.1, 0.15) is 11.5 Å². The number of rotatable bonds is 3. The van der Waals surface area contributed by atoms with Gasteiger partial charge in [0, 0.05) is 15.7 Å². The van der Waals surface area contributed by atoms with Crippen LogP contribution in [-0.2, 0) is 9.59 Å². The number of fused-ring (bicyclic) bond motifs is 5. The molecule has 24 heavy (non-hydrogen) atoms. The Labute approximate surface area is 156 Å². The second kappa shape index (κ2) is 5.73.